The van der Waals surface area contributed by atoms with Crippen molar-refractivity contribution in [3.63, 3.8) is 0 Å². The van der Waals surface area contributed by atoms with Crippen LogP contribution in [0.15, 0.2) is 23.7 Å². The van der Waals surface area contributed by atoms with Crippen LogP contribution in [0.2, 0.25) is 0 Å². The lowest BCUT2D eigenvalue weighted by atomic mass is 10.0. The Morgan fingerprint density at radius 1 is 1.36 bits per heavy atom. The lowest BCUT2D eigenvalue weighted by Crippen LogP contribution is -2.37. The average Bonchev–Trinajstić information content (AvgIpc) is 2.47. The monoisotopic (exact) mass is 197 g/mol. The van der Waals surface area contributed by atoms with E-state index in [-0.39, 0.29) is 11.4 Å². The van der Waals surface area contributed by atoms with Crippen molar-refractivity contribution in [2.75, 3.05) is 7.05 Å². The second-order valence-corrected chi connectivity index (χ2v) is 4.91. The molecule has 1 aliphatic rings. The molecule has 0 unspecified atom stereocenters. The van der Waals surface area contributed by atoms with E-state index < -0.39 is 0 Å². The van der Waals surface area contributed by atoms with Crippen molar-refractivity contribution in [3.8, 4) is 0 Å². The Hall–Kier alpha value is -0.790. The van der Waals surface area contributed by atoms with E-state index >= 15 is 0 Å². The maximum atomic E-state index is 13.4. The van der Waals surface area contributed by atoms with Crippen LogP contribution in [0, 0.1) is 0 Å². The van der Waals surface area contributed by atoms with Crippen molar-refractivity contribution in [2.24, 2.45) is 0 Å². The fourth-order valence-corrected chi connectivity index (χ4v) is 1.62. The quantitative estimate of drug-likeness (QED) is 0.653. The highest BCUT2D eigenvalue weighted by Crippen LogP contribution is 2.34. The SMILES string of the molecule is C=C(C1=C(F)CCC1)N(C)C(C)(C)C. The van der Waals surface area contributed by atoms with E-state index in [1.807, 2.05) is 11.9 Å². The second-order valence-electron chi connectivity index (χ2n) is 4.91. The van der Waals surface area contributed by atoms with Gasteiger partial charge in [-0.3, -0.25) is 0 Å². The van der Waals surface area contributed by atoms with Gasteiger partial charge in [-0.25, -0.2) is 4.39 Å². The minimum absolute atomic E-state index is 0.00690. The van der Waals surface area contributed by atoms with Gasteiger partial charge in [0.2, 0.25) is 0 Å². The first-order valence-corrected chi connectivity index (χ1v) is 5.14. The van der Waals surface area contributed by atoms with Gasteiger partial charge in [0.1, 0.15) is 5.83 Å². The second kappa shape index (κ2) is 3.76. The first kappa shape index (κ1) is 11.3. The lowest BCUT2D eigenvalue weighted by molar-refractivity contribution is 0.231. The van der Waals surface area contributed by atoms with Crippen LogP contribution in [0.1, 0.15) is 40.0 Å². The van der Waals surface area contributed by atoms with Crippen LogP contribution in [0.5, 0.6) is 0 Å². The average molecular weight is 197 g/mol. The van der Waals surface area contributed by atoms with E-state index in [4.69, 9.17) is 0 Å². The third-order valence-electron chi connectivity index (χ3n) is 2.91. The third kappa shape index (κ3) is 2.17. The summed E-state index contributed by atoms with van der Waals surface area (Å²) in [5, 5.41) is 0. The normalized spacial score (nSPS) is 17.5. The highest BCUT2D eigenvalue weighted by molar-refractivity contribution is 5.33. The van der Waals surface area contributed by atoms with Gasteiger partial charge in [0.25, 0.3) is 0 Å². The number of likely N-dealkylation sites (N-methyl/N-ethyl adjacent to an activating group) is 1. The van der Waals surface area contributed by atoms with E-state index in [1.165, 1.54) is 0 Å². The zero-order chi connectivity index (χ0) is 10.9. The van der Waals surface area contributed by atoms with Gasteiger partial charge in [0, 0.05) is 23.9 Å². The predicted molar refractivity (Wildman–Crippen MR) is 58.6 cm³/mol. The molecule has 0 saturated heterocycles. The molecule has 0 saturated carbocycles. The molecule has 0 amide bonds. The van der Waals surface area contributed by atoms with Crippen molar-refractivity contribution in [3.05, 3.63) is 23.7 Å². The molecule has 0 spiro atoms. The van der Waals surface area contributed by atoms with Crippen molar-refractivity contribution >= 4 is 0 Å². The predicted octanol–water partition coefficient (Wildman–Crippen LogP) is 3.64. The molecule has 0 bridgehead atoms. The largest absolute Gasteiger partial charge is 0.370 e. The summed E-state index contributed by atoms with van der Waals surface area (Å²) in [6.07, 6.45) is 2.36. The van der Waals surface area contributed by atoms with Crippen molar-refractivity contribution in [1.29, 1.82) is 0 Å². The molecule has 0 fully saturated rings. The molecule has 0 N–H and O–H groups in total. The summed E-state index contributed by atoms with van der Waals surface area (Å²) in [7, 11) is 1.97. The molecule has 0 radical (unpaired) electrons. The molecule has 1 nitrogen and oxygen atoms in total. The van der Waals surface area contributed by atoms with E-state index in [2.05, 4.69) is 27.4 Å². The molecule has 80 valence electrons. The number of hydrogen-bond donors (Lipinski definition) is 0. The van der Waals surface area contributed by atoms with Crippen LogP contribution in [0.3, 0.4) is 0 Å². The van der Waals surface area contributed by atoms with E-state index in [1.54, 1.807) is 0 Å². The summed E-state index contributed by atoms with van der Waals surface area (Å²) in [4.78, 5) is 2.05. The van der Waals surface area contributed by atoms with Crippen LogP contribution >= 0.6 is 0 Å². The van der Waals surface area contributed by atoms with Gasteiger partial charge >= 0.3 is 0 Å². The van der Waals surface area contributed by atoms with E-state index in [0.717, 1.165) is 24.1 Å². The van der Waals surface area contributed by atoms with E-state index in [0.29, 0.717) is 6.42 Å². The Balaban J connectivity index is 2.81. The third-order valence-corrected chi connectivity index (χ3v) is 2.91. The summed E-state index contributed by atoms with van der Waals surface area (Å²) in [5.74, 6) is 0.0334. The van der Waals surface area contributed by atoms with Crippen molar-refractivity contribution in [2.45, 2.75) is 45.6 Å². The maximum Gasteiger partial charge on any atom is 0.105 e. The van der Waals surface area contributed by atoms with Gasteiger partial charge < -0.3 is 4.90 Å². The van der Waals surface area contributed by atoms with E-state index in [9.17, 15) is 4.39 Å². The molecule has 2 heteroatoms. The molecule has 0 heterocycles. The van der Waals surface area contributed by atoms with Gasteiger partial charge in [-0.2, -0.15) is 0 Å². The molecule has 1 aliphatic carbocycles. The first-order chi connectivity index (χ1) is 6.34. The number of halogens is 1. The minimum atomic E-state index is 0.00690. The van der Waals surface area contributed by atoms with Crippen LogP contribution in [0.4, 0.5) is 4.39 Å². The molecule has 0 aromatic carbocycles. The number of rotatable bonds is 2. The Morgan fingerprint density at radius 3 is 2.29 bits per heavy atom. The standard InChI is InChI=1S/C12H20FN/c1-9(14(5)12(2,3)4)10-7-6-8-11(10)13/h1,6-8H2,2-5H3. The summed E-state index contributed by atoms with van der Waals surface area (Å²) in [5.41, 5.74) is 1.67. The van der Waals surface area contributed by atoms with Crippen LogP contribution in [0.25, 0.3) is 0 Å². The molecular formula is C12H20FN. The Kier molecular flexibility index (Phi) is 3.03. The molecule has 14 heavy (non-hydrogen) atoms. The summed E-state index contributed by atoms with van der Waals surface area (Å²) >= 11 is 0. The molecule has 1 rings (SSSR count). The zero-order valence-corrected chi connectivity index (χ0v) is 9.65. The van der Waals surface area contributed by atoms with Crippen LogP contribution in [-0.2, 0) is 0 Å². The van der Waals surface area contributed by atoms with Gasteiger partial charge in [0.05, 0.1) is 0 Å². The smallest absolute Gasteiger partial charge is 0.105 e. The summed E-state index contributed by atoms with van der Waals surface area (Å²) < 4.78 is 13.4. The zero-order valence-electron chi connectivity index (χ0n) is 9.65. The van der Waals surface area contributed by atoms with Gasteiger partial charge in [-0.1, -0.05) is 6.58 Å². The molecule has 0 aliphatic heterocycles. The van der Waals surface area contributed by atoms with Crippen molar-refractivity contribution < 1.29 is 4.39 Å². The Labute approximate surface area is 86.3 Å². The molecule has 0 aromatic heterocycles. The fraction of sp³-hybridized carbons (Fsp3) is 0.667. The highest BCUT2D eigenvalue weighted by atomic mass is 19.1. The van der Waals surface area contributed by atoms with Gasteiger partial charge in [-0.15, -0.1) is 0 Å². The highest BCUT2D eigenvalue weighted by Gasteiger charge is 2.24. The topological polar surface area (TPSA) is 3.24 Å². The molecule has 0 aromatic rings. The Bertz CT molecular complexity index is 271. The number of allylic oxidation sites excluding steroid dienone is 2. The maximum absolute atomic E-state index is 13.4. The van der Waals surface area contributed by atoms with Crippen LogP contribution in [-0.4, -0.2) is 17.5 Å². The summed E-state index contributed by atoms with van der Waals surface area (Å²) in [6.45, 7) is 10.3. The van der Waals surface area contributed by atoms with Crippen LogP contribution < -0.4 is 0 Å². The molecular weight excluding hydrogens is 177 g/mol. The lowest BCUT2D eigenvalue weighted by Gasteiger charge is -2.36. The fourth-order valence-electron chi connectivity index (χ4n) is 1.62. The first-order valence-electron chi connectivity index (χ1n) is 5.14. The number of hydrogen-bond acceptors (Lipinski definition) is 1. The van der Waals surface area contributed by atoms with Gasteiger partial charge in [0.15, 0.2) is 0 Å². The Morgan fingerprint density at radius 2 is 1.93 bits per heavy atom. The van der Waals surface area contributed by atoms with Crippen molar-refractivity contribution in [1.82, 2.24) is 4.90 Å². The summed E-state index contributed by atoms with van der Waals surface area (Å²) in [6, 6.07) is 0. The number of nitrogens with zero attached hydrogens (tertiary/aromatic N) is 1. The minimum Gasteiger partial charge on any atom is -0.370 e. The molecule has 0 atom stereocenters. The van der Waals surface area contributed by atoms with Gasteiger partial charge in [-0.05, 0) is 40.0 Å².